The van der Waals surface area contributed by atoms with Crippen LogP contribution in [0.4, 0.5) is 5.69 Å². The summed E-state index contributed by atoms with van der Waals surface area (Å²) < 4.78 is 16.0. The molecule has 3 rings (SSSR count). The van der Waals surface area contributed by atoms with E-state index in [2.05, 4.69) is 5.32 Å². The molecule has 0 aliphatic heterocycles. The number of carbonyl (C=O) groups excluding carboxylic acids is 2. The number of methoxy groups -OCH3 is 1. The lowest BCUT2D eigenvalue weighted by Gasteiger charge is -2.05. The van der Waals surface area contributed by atoms with Crippen LogP contribution in [0.5, 0.6) is 5.75 Å². The molecule has 0 atom stereocenters. The Morgan fingerprint density at radius 1 is 1.10 bits per heavy atom. The Labute approximate surface area is 169 Å². The van der Waals surface area contributed by atoms with Crippen LogP contribution in [0.15, 0.2) is 59.0 Å². The maximum absolute atomic E-state index is 12.1. The predicted octanol–water partition coefficient (Wildman–Crippen LogP) is 5.05. The van der Waals surface area contributed by atoms with Crippen molar-refractivity contribution in [2.24, 2.45) is 0 Å². The van der Waals surface area contributed by atoms with Crippen molar-refractivity contribution in [3.05, 3.63) is 65.9 Å². The van der Waals surface area contributed by atoms with E-state index in [0.29, 0.717) is 29.2 Å². The summed E-state index contributed by atoms with van der Waals surface area (Å²) in [4.78, 5) is 24.0. The van der Waals surface area contributed by atoms with Gasteiger partial charge >= 0.3 is 5.97 Å². The van der Waals surface area contributed by atoms with E-state index in [4.69, 9.17) is 13.9 Å². The van der Waals surface area contributed by atoms with Gasteiger partial charge in [0.1, 0.15) is 17.1 Å². The molecule has 0 saturated heterocycles. The van der Waals surface area contributed by atoms with Crippen LogP contribution in [0.25, 0.3) is 17.0 Å². The molecule has 1 amide bonds. The number of hydrogen-bond acceptors (Lipinski definition) is 5. The second kappa shape index (κ2) is 9.59. The van der Waals surface area contributed by atoms with Crippen LogP contribution in [0.1, 0.15) is 35.9 Å². The smallest absolute Gasteiger partial charge is 0.338 e. The molecular formula is C23H23NO5. The number of benzene rings is 2. The molecule has 1 heterocycles. The lowest BCUT2D eigenvalue weighted by molar-refractivity contribution is -0.111. The molecule has 2 aromatic carbocycles. The number of carbonyl (C=O) groups is 2. The fourth-order valence-corrected chi connectivity index (χ4v) is 2.68. The van der Waals surface area contributed by atoms with E-state index in [-0.39, 0.29) is 11.9 Å². The number of rotatable bonds is 8. The normalized spacial score (nSPS) is 11.0. The van der Waals surface area contributed by atoms with E-state index in [1.807, 2.05) is 31.2 Å². The van der Waals surface area contributed by atoms with Gasteiger partial charge in [-0.05, 0) is 61.0 Å². The van der Waals surface area contributed by atoms with Gasteiger partial charge in [0.05, 0.1) is 19.3 Å². The molecule has 1 aromatic heterocycles. The summed E-state index contributed by atoms with van der Waals surface area (Å²) in [6.07, 6.45) is 4.79. The highest BCUT2D eigenvalue weighted by Crippen LogP contribution is 2.24. The molecule has 0 unspecified atom stereocenters. The van der Waals surface area contributed by atoms with Crippen LogP contribution in [0.2, 0.25) is 0 Å². The predicted molar refractivity (Wildman–Crippen MR) is 112 cm³/mol. The van der Waals surface area contributed by atoms with Crippen LogP contribution < -0.4 is 10.1 Å². The molecule has 6 nitrogen and oxygen atoms in total. The van der Waals surface area contributed by atoms with Gasteiger partial charge in [-0.2, -0.15) is 0 Å². The van der Waals surface area contributed by atoms with E-state index in [1.165, 1.54) is 6.08 Å². The Morgan fingerprint density at radius 2 is 1.90 bits per heavy atom. The van der Waals surface area contributed by atoms with Gasteiger partial charge in [-0.1, -0.05) is 13.3 Å². The molecule has 29 heavy (non-hydrogen) atoms. The van der Waals surface area contributed by atoms with Crippen LogP contribution in [-0.4, -0.2) is 25.6 Å². The van der Waals surface area contributed by atoms with Crippen LogP contribution in [-0.2, 0) is 9.53 Å². The first-order chi connectivity index (χ1) is 14.1. The van der Waals surface area contributed by atoms with E-state index in [0.717, 1.165) is 24.0 Å². The van der Waals surface area contributed by atoms with E-state index < -0.39 is 0 Å². The van der Waals surface area contributed by atoms with Gasteiger partial charge in [0.25, 0.3) is 0 Å². The molecule has 0 aliphatic carbocycles. The van der Waals surface area contributed by atoms with Crippen molar-refractivity contribution in [1.82, 2.24) is 0 Å². The van der Waals surface area contributed by atoms with Gasteiger partial charge in [-0.15, -0.1) is 0 Å². The van der Waals surface area contributed by atoms with Gasteiger partial charge in [0, 0.05) is 17.1 Å². The minimum absolute atomic E-state index is 0.304. The summed E-state index contributed by atoms with van der Waals surface area (Å²) in [5, 5.41) is 3.64. The van der Waals surface area contributed by atoms with Crippen LogP contribution in [0.3, 0.4) is 0 Å². The fraction of sp³-hybridized carbons (Fsp3) is 0.217. The SMILES string of the molecule is CCCCOC(=O)c1ccc(NC(=O)C=Cc2cc3cc(OC)ccc3o2)cc1. The van der Waals surface area contributed by atoms with Crippen molar-refractivity contribution < 1.29 is 23.5 Å². The first-order valence-corrected chi connectivity index (χ1v) is 9.43. The number of nitrogens with one attached hydrogen (secondary N) is 1. The van der Waals surface area contributed by atoms with E-state index in [9.17, 15) is 9.59 Å². The molecule has 1 N–H and O–H groups in total. The van der Waals surface area contributed by atoms with Gasteiger partial charge in [0.2, 0.25) is 5.91 Å². The van der Waals surface area contributed by atoms with Gasteiger partial charge in [-0.3, -0.25) is 4.79 Å². The number of anilines is 1. The van der Waals surface area contributed by atoms with Crippen molar-refractivity contribution >= 4 is 34.6 Å². The summed E-state index contributed by atoms with van der Waals surface area (Å²) in [5.41, 5.74) is 1.75. The maximum Gasteiger partial charge on any atom is 0.338 e. The largest absolute Gasteiger partial charge is 0.497 e. The summed E-state index contributed by atoms with van der Waals surface area (Å²) in [5.74, 6) is 0.636. The number of fused-ring (bicyclic) bond motifs is 1. The Balaban J connectivity index is 1.58. The molecule has 6 heteroatoms. The molecule has 0 fully saturated rings. The molecule has 0 bridgehead atoms. The number of amides is 1. The van der Waals surface area contributed by atoms with Crippen molar-refractivity contribution in [3.8, 4) is 5.75 Å². The second-order valence-electron chi connectivity index (χ2n) is 6.44. The second-order valence-corrected chi connectivity index (χ2v) is 6.44. The number of hydrogen-bond donors (Lipinski definition) is 1. The Bertz CT molecular complexity index is 1020. The monoisotopic (exact) mass is 393 g/mol. The highest BCUT2D eigenvalue weighted by atomic mass is 16.5. The minimum atomic E-state index is -0.363. The Hall–Kier alpha value is -3.54. The molecular weight excluding hydrogens is 370 g/mol. The standard InChI is InChI=1S/C23H23NO5/c1-3-4-13-28-23(26)16-5-7-18(8-6-16)24-22(25)12-10-20-15-17-14-19(27-2)9-11-21(17)29-20/h5-12,14-15H,3-4,13H2,1-2H3,(H,24,25). The Kier molecular flexibility index (Phi) is 6.68. The molecule has 0 spiro atoms. The number of ether oxygens (including phenoxy) is 2. The van der Waals surface area contributed by atoms with E-state index >= 15 is 0 Å². The topological polar surface area (TPSA) is 77.8 Å². The Morgan fingerprint density at radius 3 is 2.62 bits per heavy atom. The first kappa shape index (κ1) is 20.2. The molecule has 0 radical (unpaired) electrons. The highest BCUT2D eigenvalue weighted by Gasteiger charge is 2.07. The average molecular weight is 393 g/mol. The summed E-state index contributed by atoms with van der Waals surface area (Å²) in [6.45, 7) is 2.44. The van der Waals surface area contributed by atoms with Crippen molar-refractivity contribution in [1.29, 1.82) is 0 Å². The zero-order valence-electron chi connectivity index (χ0n) is 16.4. The number of unbranched alkanes of at least 4 members (excludes halogenated alkanes) is 1. The molecule has 3 aromatic rings. The summed E-state index contributed by atoms with van der Waals surface area (Å²) >= 11 is 0. The minimum Gasteiger partial charge on any atom is -0.497 e. The lowest BCUT2D eigenvalue weighted by Crippen LogP contribution is -2.09. The van der Waals surface area contributed by atoms with Crippen molar-refractivity contribution in [2.45, 2.75) is 19.8 Å². The molecule has 150 valence electrons. The van der Waals surface area contributed by atoms with Gasteiger partial charge < -0.3 is 19.2 Å². The number of furan rings is 1. The third-order valence-electron chi connectivity index (χ3n) is 4.26. The fourth-order valence-electron chi connectivity index (χ4n) is 2.68. The zero-order valence-corrected chi connectivity index (χ0v) is 16.4. The highest BCUT2D eigenvalue weighted by molar-refractivity contribution is 6.02. The first-order valence-electron chi connectivity index (χ1n) is 9.43. The summed E-state index contributed by atoms with van der Waals surface area (Å²) in [6, 6.07) is 13.9. The number of esters is 1. The van der Waals surface area contributed by atoms with Crippen molar-refractivity contribution in [3.63, 3.8) is 0 Å². The van der Waals surface area contributed by atoms with Crippen LogP contribution >= 0.6 is 0 Å². The third-order valence-corrected chi connectivity index (χ3v) is 4.26. The zero-order chi connectivity index (χ0) is 20.6. The quantitative estimate of drug-likeness (QED) is 0.329. The van der Waals surface area contributed by atoms with Crippen molar-refractivity contribution in [2.75, 3.05) is 19.0 Å². The van der Waals surface area contributed by atoms with Gasteiger partial charge in [-0.25, -0.2) is 4.79 Å². The lowest BCUT2D eigenvalue weighted by atomic mass is 10.2. The van der Waals surface area contributed by atoms with E-state index in [1.54, 1.807) is 37.5 Å². The average Bonchev–Trinajstić information content (AvgIpc) is 3.15. The molecule has 0 aliphatic rings. The van der Waals surface area contributed by atoms with Crippen LogP contribution in [0, 0.1) is 0 Å². The van der Waals surface area contributed by atoms with Gasteiger partial charge in [0.15, 0.2) is 0 Å². The maximum atomic E-state index is 12.1. The summed E-state index contributed by atoms with van der Waals surface area (Å²) in [7, 11) is 1.61. The molecule has 0 saturated carbocycles. The third kappa shape index (κ3) is 5.48.